The van der Waals surface area contributed by atoms with Crippen molar-refractivity contribution >= 4 is 22.4 Å². The fourth-order valence-corrected chi connectivity index (χ4v) is 3.96. The summed E-state index contributed by atoms with van der Waals surface area (Å²) in [6.45, 7) is 7.57. The molecule has 2 aromatic carbocycles. The molecule has 3 rings (SSSR count). The summed E-state index contributed by atoms with van der Waals surface area (Å²) in [4.78, 5) is 17.8. The van der Waals surface area contributed by atoms with Crippen molar-refractivity contribution < 1.29 is 37.3 Å². The number of carboxylic acid groups (broad SMARTS) is 1. The van der Waals surface area contributed by atoms with Crippen molar-refractivity contribution in [2.75, 3.05) is 25.1 Å². The number of hydrogen-bond acceptors (Lipinski definition) is 7. The minimum atomic E-state index is -4.73. The lowest BCUT2D eigenvalue weighted by molar-refractivity contribution is -0.274. The van der Waals surface area contributed by atoms with Gasteiger partial charge >= 0.3 is 12.3 Å². The van der Waals surface area contributed by atoms with Crippen LogP contribution >= 0.6 is 11.3 Å². The van der Waals surface area contributed by atoms with E-state index in [1.807, 2.05) is 37.2 Å². The Morgan fingerprint density at radius 1 is 1.06 bits per heavy atom. The van der Waals surface area contributed by atoms with Gasteiger partial charge in [-0.25, -0.2) is 9.78 Å². The third-order valence-electron chi connectivity index (χ3n) is 5.24. The first-order valence-electron chi connectivity index (χ1n) is 10.9. The van der Waals surface area contributed by atoms with Crippen LogP contribution in [0.3, 0.4) is 0 Å². The van der Waals surface area contributed by atoms with Crippen LogP contribution in [0.15, 0.2) is 41.8 Å². The SMILES string of the molecule is Cc1cc(OC(C)(C)C(=O)O)c(C)cc1OCCN(C)c1nc(-c2ccc(OC(F)(F)F)cc2)cs1. The van der Waals surface area contributed by atoms with Gasteiger partial charge in [0.15, 0.2) is 10.7 Å². The molecule has 0 amide bonds. The van der Waals surface area contributed by atoms with Gasteiger partial charge in [0.25, 0.3) is 0 Å². The molecular formula is C25H27F3N2O5S. The molecule has 0 saturated carbocycles. The Labute approximate surface area is 211 Å². The van der Waals surface area contributed by atoms with Crippen molar-refractivity contribution in [1.82, 2.24) is 4.98 Å². The van der Waals surface area contributed by atoms with Gasteiger partial charge in [-0.3, -0.25) is 0 Å². The zero-order chi connectivity index (χ0) is 26.7. The molecule has 1 aromatic heterocycles. The second-order valence-corrected chi connectivity index (χ2v) is 9.49. The molecule has 36 heavy (non-hydrogen) atoms. The summed E-state index contributed by atoms with van der Waals surface area (Å²) in [6.07, 6.45) is -4.73. The summed E-state index contributed by atoms with van der Waals surface area (Å²) < 4.78 is 52.5. The standard InChI is InChI=1S/C25H27F3N2O5S/c1-15-13-21(35-24(3,4)22(31)32)16(2)12-20(15)33-11-10-30(5)23-29-19(14-36-23)17-6-8-18(9-7-17)34-25(26,27)28/h6-9,12-14H,10-11H2,1-5H3,(H,31,32). The summed E-state index contributed by atoms with van der Waals surface area (Å²) in [5, 5.41) is 11.9. The number of alkyl halides is 3. The van der Waals surface area contributed by atoms with Crippen LogP contribution in [0.5, 0.6) is 17.2 Å². The molecule has 1 heterocycles. The first kappa shape index (κ1) is 27.1. The monoisotopic (exact) mass is 524 g/mol. The Bertz CT molecular complexity index is 1210. The topological polar surface area (TPSA) is 81.1 Å². The van der Waals surface area contributed by atoms with Gasteiger partial charge in [0.05, 0.1) is 12.2 Å². The van der Waals surface area contributed by atoms with Crippen LogP contribution in [0, 0.1) is 13.8 Å². The van der Waals surface area contributed by atoms with Crippen molar-refractivity contribution in [3.05, 3.63) is 52.9 Å². The molecule has 0 aliphatic carbocycles. The number of ether oxygens (including phenoxy) is 3. The van der Waals surface area contributed by atoms with Crippen molar-refractivity contribution in [2.45, 2.75) is 39.7 Å². The van der Waals surface area contributed by atoms with Crippen LogP contribution in [-0.4, -0.2) is 48.2 Å². The van der Waals surface area contributed by atoms with E-state index in [0.717, 1.165) is 16.3 Å². The van der Waals surface area contributed by atoms with E-state index in [1.165, 1.54) is 49.4 Å². The first-order valence-corrected chi connectivity index (χ1v) is 11.8. The number of benzene rings is 2. The maximum absolute atomic E-state index is 12.3. The van der Waals surface area contributed by atoms with E-state index in [9.17, 15) is 23.1 Å². The molecule has 1 N–H and O–H groups in total. The van der Waals surface area contributed by atoms with Gasteiger partial charge in [0.1, 0.15) is 23.9 Å². The van der Waals surface area contributed by atoms with Crippen LogP contribution in [-0.2, 0) is 4.79 Å². The largest absolute Gasteiger partial charge is 0.573 e. The van der Waals surface area contributed by atoms with Crippen molar-refractivity contribution in [1.29, 1.82) is 0 Å². The lowest BCUT2D eigenvalue weighted by Crippen LogP contribution is -2.38. The molecule has 0 fully saturated rings. The second kappa shape index (κ2) is 10.7. The smallest absolute Gasteiger partial charge is 0.491 e. The molecule has 0 saturated heterocycles. The fraction of sp³-hybridized carbons (Fsp3) is 0.360. The van der Waals surface area contributed by atoms with Crippen molar-refractivity contribution in [3.8, 4) is 28.5 Å². The number of aryl methyl sites for hydroxylation is 2. The van der Waals surface area contributed by atoms with Gasteiger partial charge in [0, 0.05) is 18.0 Å². The van der Waals surface area contributed by atoms with E-state index in [2.05, 4.69) is 9.72 Å². The van der Waals surface area contributed by atoms with Gasteiger partial charge in [-0.05, 0) is 75.2 Å². The van der Waals surface area contributed by atoms with Gasteiger partial charge < -0.3 is 24.2 Å². The Kier molecular flexibility index (Phi) is 8.02. The summed E-state index contributed by atoms with van der Waals surface area (Å²) in [5.41, 5.74) is 1.54. The summed E-state index contributed by atoms with van der Waals surface area (Å²) in [6, 6.07) is 9.14. The van der Waals surface area contributed by atoms with E-state index < -0.39 is 17.9 Å². The van der Waals surface area contributed by atoms with Gasteiger partial charge in [-0.15, -0.1) is 24.5 Å². The molecule has 0 aliphatic rings. The molecule has 11 heteroatoms. The molecular weight excluding hydrogens is 497 g/mol. The Morgan fingerprint density at radius 2 is 1.67 bits per heavy atom. The highest BCUT2D eigenvalue weighted by Gasteiger charge is 2.31. The molecule has 7 nitrogen and oxygen atoms in total. The van der Waals surface area contributed by atoms with E-state index in [1.54, 1.807) is 6.07 Å². The zero-order valence-corrected chi connectivity index (χ0v) is 21.3. The van der Waals surface area contributed by atoms with Crippen molar-refractivity contribution in [3.63, 3.8) is 0 Å². The number of nitrogens with zero attached hydrogens (tertiary/aromatic N) is 2. The minimum Gasteiger partial charge on any atom is -0.491 e. The van der Waals surface area contributed by atoms with E-state index in [-0.39, 0.29) is 5.75 Å². The maximum Gasteiger partial charge on any atom is 0.573 e. The Morgan fingerprint density at radius 3 is 2.28 bits per heavy atom. The molecule has 0 aliphatic heterocycles. The lowest BCUT2D eigenvalue weighted by atomic mass is 10.1. The van der Waals surface area contributed by atoms with Crippen LogP contribution < -0.4 is 19.1 Å². The maximum atomic E-state index is 12.3. The number of halogens is 3. The molecule has 0 bridgehead atoms. The van der Waals surface area contributed by atoms with E-state index in [4.69, 9.17) is 9.47 Å². The van der Waals surface area contributed by atoms with Crippen LogP contribution in [0.2, 0.25) is 0 Å². The molecule has 0 atom stereocenters. The zero-order valence-electron chi connectivity index (χ0n) is 20.5. The van der Waals surface area contributed by atoms with Crippen LogP contribution in [0.1, 0.15) is 25.0 Å². The van der Waals surface area contributed by atoms with Gasteiger partial charge in [-0.1, -0.05) is 0 Å². The Balaban J connectivity index is 1.58. The lowest BCUT2D eigenvalue weighted by Gasteiger charge is -2.24. The Hall–Kier alpha value is -3.47. The molecule has 3 aromatic rings. The number of aliphatic carboxylic acids is 1. The highest BCUT2D eigenvalue weighted by atomic mass is 32.1. The third-order valence-corrected chi connectivity index (χ3v) is 6.19. The summed E-state index contributed by atoms with van der Waals surface area (Å²) in [7, 11) is 1.87. The molecule has 0 radical (unpaired) electrons. The molecule has 194 valence electrons. The number of thiazole rings is 1. The number of hydrogen-bond donors (Lipinski definition) is 1. The quantitative estimate of drug-likeness (QED) is 0.344. The van der Waals surface area contributed by atoms with E-state index >= 15 is 0 Å². The average Bonchev–Trinajstić information content (AvgIpc) is 3.26. The second-order valence-electron chi connectivity index (χ2n) is 8.66. The first-order chi connectivity index (χ1) is 16.7. The summed E-state index contributed by atoms with van der Waals surface area (Å²) >= 11 is 1.41. The van der Waals surface area contributed by atoms with Gasteiger partial charge in [0.2, 0.25) is 0 Å². The third kappa shape index (κ3) is 7.03. The predicted octanol–water partition coefficient (Wildman–Crippen LogP) is 6.08. The average molecular weight is 525 g/mol. The number of anilines is 1. The number of rotatable bonds is 10. The number of carbonyl (C=O) groups is 1. The summed E-state index contributed by atoms with van der Waals surface area (Å²) in [5.74, 6) is -0.188. The predicted molar refractivity (Wildman–Crippen MR) is 131 cm³/mol. The van der Waals surface area contributed by atoms with Gasteiger partial charge in [-0.2, -0.15) is 0 Å². The molecule has 0 spiro atoms. The normalized spacial score (nSPS) is 11.8. The van der Waals surface area contributed by atoms with Crippen LogP contribution in [0.25, 0.3) is 11.3 Å². The number of likely N-dealkylation sites (N-methyl/N-ethyl adjacent to an activating group) is 1. The highest BCUT2D eigenvalue weighted by molar-refractivity contribution is 7.14. The van der Waals surface area contributed by atoms with E-state index in [0.29, 0.717) is 35.9 Å². The highest BCUT2D eigenvalue weighted by Crippen LogP contribution is 2.32. The fourth-order valence-electron chi connectivity index (χ4n) is 3.13. The van der Waals surface area contributed by atoms with Crippen molar-refractivity contribution in [2.24, 2.45) is 0 Å². The molecule has 0 unspecified atom stereocenters. The van der Waals surface area contributed by atoms with Crippen LogP contribution in [0.4, 0.5) is 18.3 Å². The number of aromatic nitrogens is 1. The minimum absolute atomic E-state index is 0.285. The number of carboxylic acids is 1.